The van der Waals surface area contributed by atoms with Gasteiger partial charge in [0.2, 0.25) is 0 Å². The number of ether oxygens (including phenoxy) is 1. The van der Waals surface area contributed by atoms with Gasteiger partial charge in [0, 0.05) is 6.42 Å². The maximum Gasteiger partial charge on any atom is 0.324 e. The Labute approximate surface area is 119 Å². The number of hydrogen-bond acceptors (Lipinski definition) is 4. The minimum Gasteiger partial charge on any atom is -0.465 e. The molecule has 0 N–H and O–H groups in total. The van der Waals surface area contributed by atoms with Gasteiger partial charge in [0.25, 0.3) is 0 Å². The quantitative estimate of drug-likeness (QED) is 0.540. The second-order valence-corrected chi connectivity index (χ2v) is 4.60. The maximum atomic E-state index is 12.0. The van der Waals surface area contributed by atoms with Crippen LogP contribution in [0.25, 0.3) is 0 Å². The lowest BCUT2D eigenvalue weighted by Crippen LogP contribution is -2.32. The number of aryl methyl sites for hydroxylation is 1. The van der Waals surface area contributed by atoms with Gasteiger partial charge in [-0.2, -0.15) is 0 Å². The Morgan fingerprint density at radius 3 is 2.35 bits per heavy atom. The number of hydrogen-bond donors (Lipinski definition) is 0. The van der Waals surface area contributed by atoms with Crippen molar-refractivity contribution in [1.29, 1.82) is 0 Å². The normalized spacial score (nSPS) is 11.7. The van der Waals surface area contributed by atoms with E-state index in [1.165, 1.54) is 6.92 Å². The molecule has 4 heteroatoms. The van der Waals surface area contributed by atoms with Crippen LogP contribution in [0.4, 0.5) is 0 Å². The van der Waals surface area contributed by atoms with Gasteiger partial charge < -0.3 is 4.74 Å². The molecule has 108 valence electrons. The molecule has 4 nitrogen and oxygen atoms in total. The van der Waals surface area contributed by atoms with Crippen LogP contribution in [0.1, 0.15) is 32.3 Å². The molecule has 0 saturated heterocycles. The van der Waals surface area contributed by atoms with E-state index in [1.807, 2.05) is 30.3 Å². The summed E-state index contributed by atoms with van der Waals surface area (Å²) in [4.78, 5) is 35.0. The van der Waals surface area contributed by atoms with E-state index in [-0.39, 0.29) is 18.8 Å². The summed E-state index contributed by atoms with van der Waals surface area (Å²) in [5.74, 6) is -2.80. The van der Waals surface area contributed by atoms with Gasteiger partial charge in [-0.05, 0) is 32.3 Å². The maximum absolute atomic E-state index is 12.0. The molecule has 20 heavy (non-hydrogen) atoms. The fourth-order valence-electron chi connectivity index (χ4n) is 2.01. The molecule has 0 fully saturated rings. The Morgan fingerprint density at radius 1 is 1.15 bits per heavy atom. The molecule has 0 saturated carbocycles. The Kier molecular flexibility index (Phi) is 6.64. The topological polar surface area (TPSA) is 60.4 Å². The first-order valence-corrected chi connectivity index (χ1v) is 6.80. The van der Waals surface area contributed by atoms with E-state index < -0.39 is 17.7 Å². The lowest BCUT2D eigenvalue weighted by atomic mass is 9.95. The Balaban J connectivity index is 2.50. The predicted molar refractivity (Wildman–Crippen MR) is 75.2 cm³/mol. The van der Waals surface area contributed by atoms with Crippen LogP contribution in [0.5, 0.6) is 0 Å². The Bertz CT molecular complexity index is 465. The molecule has 1 unspecified atom stereocenters. The number of benzene rings is 1. The fraction of sp³-hybridized carbons (Fsp3) is 0.438. The molecular weight excluding hydrogens is 256 g/mol. The highest BCUT2D eigenvalue weighted by Gasteiger charge is 2.31. The molecule has 1 aromatic rings. The summed E-state index contributed by atoms with van der Waals surface area (Å²) in [6.45, 7) is 3.06. The van der Waals surface area contributed by atoms with Crippen LogP contribution in [0.15, 0.2) is 30.3 Å². The summed E-state index contributed by atoms with van der Waals surface area (Å²) in [7, 11) is 0. The van der Waals surface area contributed by atoms with Crippen molar-refractivity contribution in [2.45, 2.75) is 33.1 Å². The molecule has 0 spiro atoms. The van der Waals surface area contributed by atoms with Crippen molar-refractivity contribution in [3.05, 3.63) is 35.9 Å². The van der Waals surface area contributed by atoms with Gasteiger partial charge in [-0.1, -0.05) is 30.3 Å². The third-order valence-electron chi connectivity index (χ3n) is 2.98. The van der Waals surface area contributed by atoms with Gasteiger partial charge in [-0.15, -0.1) is 0 Å². The highest BCUT2D eigenvalue weighted by atomic mass is 16.5. The van der Waals surface area contributed by atoms with E-state index in [0.717, 1.165) is 12.0 Å². The standard InChI is InChI=1S/C16H20O4/c1-3-20-16(19)15(12(2)17)14(18)11-7-10-13-8-5-4-6-9-13/h4-6,8-9,15H,3,7,10-11H2,1-2H3. The van der Waals surface area contributed by atoms with E-state index >= 15 is 0 Å². The molecule has 0 aliphatic carbocycles. The van der Waals surface area contributed by atoms with E-state index in [1.54, 1.807) is 6.92 Å². The molecule has 0 radical (unpaired) electrons. The average Bonchev–Trinajstić information content (AvgIpc) is 2.40. The highest BCUT2D eigenvalue weighted by molar-refractivity contribution is 6.16. The van der Waals surface area contributed by atoms with Crippen LogP contribution < -0.4 is 0 Å². The smallest absolute Gasteiger partial charge is 0.324 e. The number of ketones is 2. The van der Waals surface area contributed by atoms with Crippen molar-refractivity contribution >= 4 is 17.5 Å². The van der Waals surface area contributed by atoms with Gasteiger partial charge in [0.05, 0.1) is 6.61 Å². The van der Waals surface area contributed by atoms with Gasteiger partial charge in [-0.25, -0.2) is 0 Å². The predicted octanol–water partition coefficient (Wildman–Crippen LogP) is 2.35. The van der Waals surface area contributed by atoms with Crippen LogP contribution in [-0.2, 0) is 25.5 Å². The molecule has 1 rings (SSSR count). The summed E-state index contributed by atoms with van der Waals surface area (Å²) >= 11 is 0. The molecule has 0 aromatic heterocycles. The summed E-state index contributed by atoms with van der Waals surface area (Å²) in [5.41, 5.74) is 1.14. The lowest BCUT2D eigenvalue weighted by molar-refractivity contribution is -0.154. The SMILES string of the molecule is CCOC(=O)C(C(C)=O)C(=O)CCCc1ccccc1. The summed E-state index contributed by atoms with van der Waals surface area (Å²) in [6.07, 6.45) is 1.57. The first-order chi connectivity index (χ1) is 9.56. The van der Waals surface area contributed by atoms with Crippen molar-refractivity contribution in [3.63, 3.8) is 0 Å². The molecule has 0 aliphatic rings. The van der Waals surface area contributed by atoms with Gasteiger partial charge in [0.1, 0.15) is 0 Å². The second-order valence-electron chi connectivity index (χ2n) is 4.60. The van der Waals surface area contributed by atoms with E-state index in [2.05, 4.69) is 0 Å². The fourth-order valence-corrected chi connectivity index (χ4v) is 2.01. The van der Waals surface area contributed by atoms with Gasteiger partial charge >= 0.3 is 5.97 Å². The molecular formula is C16H20O4. The molecule has 1 aromatic carbocycles. The van der Waals surface area contributed by atoms with Gasteiger partial charge in [-0.3, -0.25) is 14.4 Å². The molecule has 0 heterocycles. The zero-order chi connectivity index (χ0) is 15.0. The Morgan fingerprint density at radius 2 is 1.80 bits per heavy atom. The van der Waals surface area contributed by atoms with Crippen molar-refractivity contribution < 1.29 is 19.1 Å². The Hall–Kier alpha value is -1.97. The number of carbonyl (C=O) groups excluding carboxylic acids is 3. The summed E-state index contributed by atoms with van der Waals surface area (Å²) < 4.78 is 4.77. The third kappa shape index (κ3) is 4.96. The van der Waals surface area contributed by atoms with Crippen LogP contribution in [0.3, 0.4) is 0 Å². The summed E-state index contributed by atoms with van der Waals surface area (Å²) in [5, 5.41) is 0. The van der Waals surface area contributed by atoms with Crippen molar-refractivity contribution in [3.8, 4) is 0 Å². The number of rotatable bonds is 8. The average molecular weight is 276 g/mol. The van der Waals surface area contributed by atoms with Crippen LogP contribution in [-0.4, -0.2) is 24.1 Å². The summed E-state index contributed by atoms with van der Waals surface area (Å²) in [6, 6.07) is 9.78. The monoisotopic (exact) mass is 276 g/mol. The second kappa shape index (κ2) is 8.25. The third-order valence-corrected chi connectivity index (χ3v) is 2.98. The van der Waals surface area contributed by atoms with Crippen molar-refractivity contribution in [2.24, 2.45) is 5.92 Å². The molecule has 0 aliphatic heterocycles. The lowest BCUT2D eigenvalue weighted by Gasteiger charge is -2.11. The van der Waals surface area contributed by atoms with Crippen LogP contribution in [0.2, 0.25) is 0 Å². The number of esters is 1. The van der Waals surface area contributed by atoms with Crippen molar-refractivity contribution in [1.82, 2.24) is 0 Å². The largest absolute Gasteiger partial charge is 0.465 e. The molecule has 0 amide bonds. The van der Waals surface area contributed by atoms with E-state index in [4.69, 9.17) is 4.74 Å². The van der Waals surface area contributed by atoms with Crippen molar-refractivity contribution in [2.75, 3.05) is 6.61 Å². The van der Waals surface area contributed by atoms with Gasteiger partial charge in [0.15, 0.2) is 17.5 Å². The minimum absolute atomic E-state index is 0.167. The number of Topliss-reactive ketones (excluding diaryl/α,β-unsaturated/α-hetero) is 2. The van der Waals surface area contributed by atoms with E-state index in [9.17, 15) is 14.4 Å². The van der Waals surface area contributed by atoms with Crippen LogP contribution >= 0.6 is 0 Å². The zero-order valence-electron chi connectivity index (χ0n) is 11.9. The first-order valence-electron chi connectivity index (χ1n) is 6.80. The minimum atomic E-state index is -1.26. The van der Waals surface area contributed by atoms with Crippen LogP contribution in [0, 0.1) is 5.92 Å². The number of carbonyl (C=O) groups is 3. The zero-order valence-corrected chi connectivity index (χ0v) is 11.9. The van der Waals surface area contributed by atoms with E-state index in [0.29, 0.717) is 6.42 Å². The highest BCUT2D eigenvalue weighted by Crippen LogP contribution is 2.11. The first kappa shape index (κ1) is 16.1. The molecule has 0 bridgehead atoms. The molecule has 1 atom stereocenters.